The average molecular weight is 413 g/mol. The van der Waals surface area contributed by atoms with Crippen LogP contribution >= 0.6 is 0 Å². The Hall–Kier alpha value is -3.39. The van der Waals surface area contributed by atoms with Crippen LogP contribution in [-0.2, 0) is 14.3 Å². The number of esters is 1. The minimum Gasteiger partial charge on any atom is -0.462 e. The van der Waals surface area contributed by atoms with E-state index >= 15 is 0 Å². The Morgan fingerprint density at radius 3 is 2.40 bits per heavy atom. The molecule has 0 aromatic heterocycles. The molecule has 0 saturated carbocycles. The first-order valence-corrected chi connectivity index (χ1v) is 9.71. The number of nitrogens with one attached hydrogen (secondary N) is 3. The molecule has 0 radical (unpaired) electrons. The summed E-state index contributed by atoms with van der Waals surface area (Å²) >= 11 is 0. The van der Waals surface area contributed by atoms with Crippen molar-refractivity contribution in [3.05, 3.63) is 59.7 Å². The molecule has 0 unspecified atom stereocenters. The highest BCUT2D eigenvalue weighted by atomic mass is 16.5. The fourth-order valence-corrected chi connectivity index (χ4v) is 2.49. The van der Waals surface area contributed by atoms with E-state index in [2.05, 4.69) is 16.0 Å². The topological polar surface area (TPSA) is 106 Å². The SMILES string of the molecule is CCCOC(=O)c1ccc(NC(=O)CNc2cccc(C(=O)NCCOC)c2)cc1. The molecule has 2 aromatic rings. The van der Waals surface area contributed by atoms with Crippen molar-refractivity contribution in [3.63, 3.8) is 0 Å². The largest absolute Gasteiger partial charge is 0.462 e. The van der Waals surface area contributed by atoms with Crippen LogP contribution in [0.5, 0.6) is 0 Å². The summed E-state index contributed by atoms with van der Waals surface area (Å²) in [7, 11) is 1.57. The molecular formula is C22H27N3O5. The van der Waals surface area contributed by atoms with E-state index in [0.29, 0.717) is 42.3 Å². The maximum atomic E-state index is 12.2. The highest BCUT2D eigenvalue weighted by Gasteiger charge is 2.09. The van der Waals surface area contributed by atoms with E-state index in [9.17, 15) is 14.4 Å². The zero-order valence-electron chi connectivity index (χ0n) is 17.2. The predicted octanol–water partition coefficient (Wildman–Crippen LogP) is 2.68. The summed E-state index contributed by atoms with van der Waals surface area (Å²) in [4.78, 5) is 36.0. The van der Waals surface area contributed by atoms with Gasteiger partial charge in [0, 0.05) is 30.6 Å². The summed E-state index contributed by atoms with van der Waals surface area (Å²) in [6.07, 6.45) is 0.758. The quantitative estimate of drug-likeness (QED) is 0.386. The average Bonchev–Trinajstić information content (AvgIpc) is 2.77. The van der Waals surface area contributed by atoms with Gasteiger partial charge in [-0.2, -0.15) is 0 Å². The van der Waals surface area contributed by atoms with E-state index in [4.69, 9.17) is 9.47 Å². The molecule has 0 saturated heterocycles. The summed E-state index contributed by atoms with van der Waals surface area (Å²) in [5.41, 5.74) is 2.14. The smallest absolute Gasteiger partial charge is 0.338 e. The maximum absolute atomic E-state index is 12.2. The fourth-order valence-electron chi connectivity index (χ4n) is 2.49. The second-order valence-electron chi connectivity index (χ2n) is 6.44. The molecule has 8 heteroatoms. The third-order valence-electron chi connectivity index (χ3n) is 4.01. The molecule has 2 aromatic carbocycles. The standard InChI is InChI=1S/C22H27N3O5/c1-3-12-30-22(28)16-7-9-18(10-8-16)25-20(26)15-24-19-6-4-5-17(14-19)21(27)23-11-13-29-2/h4-10,14,24H,3,11-13,15H2,1-2H3,(H,23,27)(H,25,26). The van der Waals surface area contributed by atoms with Crippen LogP contribution in [0.2, 0.25) is 0 Å². The monoisotopic (exact) mass is 413 g/mol. The molecule has 0 heterocycles. The molecule has 0 aliphatic rings. The Kier molecular flexibility index (Phi) is 9.33. The third kappa shape index (κ3) is 7.56. The number of hydrogen-bond acceptors (Lipinski definition) is 6. The molecule has 0 spiro atoms. The van der Waals surface area contributed by atoms with Crippen molar-refractivity contribution in [2.24, 2.45) is 0 Å². The van der Waals surface area contributed by atoms with Crippen molar-refractivity contribution in [1.82, 2.24) is 5.32 Å². The highest BCUT2D eigenvalue weighted by molar-refractivity contribution is 5.96. The van der Waals surface area contributed by atoms with Crippen molar-refractivity contribution in [3.8, 4) is 0 Å². The first-order valence-electron chi connectivity index (χ1n) is 9.71. The van der Waals surface area contributed by atoms with Crippen LogP contribution in [0.25, 0.3) is 0 Å². The number of amides is 2. The number of ether oxygens (including phenoxy) is 2. The molecular weight excluding hydrogens is 386 g/mol. The van der Waals surface area contributed by atoms with Gasteiger partial charge in [0.1, 0.15) is 0 Å². The number of carbonyl (C=O) groups is 3. The highest BCUT2D eigenvalue weighted by Crippen LogP contribution is 2.12. The van der Waals surface area contributed by atoms with Crippen molar-refractivity contribution in [1.29, 1.82) is 0 Å². The number of benzene rings is 2. The van der Waals surface area contributed by atoms with Crippen molar-refractivity contribution >= 4 is 29.2 Å². The molecule has 0 aliphatic heterocycles. The van der Waals surface area contributed by atoms with Gasteiger partial charge in [0.25, 0.3) is 5.91 Å². The van der Waals surface area contributed by atoms with Crippen LogP contribution in [0.15, 0.2) is 48.5 Å². The van der Waals surface area contributed by atoms with E-state index in [-0.39, 0.29) is 24.3 Å². The number of anilines is 2. The molecule has 3 N–H and O–H groups in total. The third-order valence-corrected chi connectivity index (χ3v) is 4.01. The maximum Gasteiger partial charge on any atom is 0.338 e. The molecule has 2 rings (SSSR count). The Labute approximate surface area is 175 Å². The summed E-state index contributed by atoms with van der Waals surface area (Å²) in [5.74, 6) is -0.855. The lowest BCUT2D eigenvalue weighted by molar-refractivity contribution is -0.114. The zero-order valence-corrected chi connectivity index (χ0v) is 17.2. The lowest BCUT2D eigenvalue weighted by Crippen LogP contribution is -2.27. The van der Waals surface area contributed by atoms with E-state index in [0.717, 1.165) is 6.42 Å². The summed E-state index contributed by atoms with van der Waals surface area (Å²) in [6, 6.07) is 13.4. The van der Waals surface area contributed by atoms with Gasteiger partial charge in [0.05, 0.1) is 25.3 Å². The van der Waals surface area contributed by atoms with Gasteiger partial charge in [0.15, 0.2) is 0 Å². The minimum absolute atomic E-state index is 0.0229. The van der Waals surface area contributed by atoms with Gasteiger partial charge >= 0.3 is 5.97 Å². The van der Waals surface area contributed by atoms with Crippen LogP contribution < -0.4 is 16.0 Å². The number of methoxy groups -OCH3 is 1. The lowest BCUT2D eigenvalue weighted by atomic mass is 10.2. The number of hydrogen-bond donors (Lipinski definition) is 3. The van der Waals surface area contributed by atoms with Crippen molar-refractivity contribution < 1.29 is 23.9 Å². The molecule has 0 fully saturated rings. The van der Waals surface area contributed by atoms with Gasteiger partial charge < -0.3 is 25.4 Å². The molecule has 160 valence electrons. The first kappa shape index (κ1) is 22.9. The van der Waals surface area contributed by atoms with Crippen molar-refractivity contribution in [2.45, 2.75) is 13.3 Å². The van der Waals surface area contributed by atoms with Gasteiger partial charge in [-0.25, -0.2) is 4.79 Å². The van der Waals surface area contributed by atoms with E-state index in [1.54, 1.807) is 55.6 Å². The normalized spacial score (nSPS) is 10.2. The van der Waals surface area contributed by atoms with Crippen molar-refractivity contribution in [2.75, 3.05) is 44.0 Å². The van der Waals surface area contributed by atoms with Crippen LogP contribution in [0, 0.1) is 0 Å². The molecule has 0 bridgehead atoms. The Morgan fingerprint density at radius 2 is 1.70 bits per heavy atom. The Bertz CT molecular complexity index is 852. The van der Waals surface area contributed by atoms with Gasteiger partial charge in [-0.3, -0.25) is 9.59 Å². The molecule has 30 heavy (non-hydrogen) atoms. The van der Waals surface area contributed by atoms with Crippen LogP contribution in [0.1, 0.15) is 34.1 Å². The van der Waals surface area contributed by atoms with Crippen LogP contribution in [0.3, 0.4) is 0 Å². The Balaban J connectivity index is 1.84. The lowest BCUT2D eigenvalue weighted by Gasteiger charge is -2.10. The molecule has 0 aliphatic carbocycles. The van der Waals surface area contributed by atoms with Gasteiger partial charge in [-0.05, 0) is 48.9 Å². The molecule has 2 amide bonds. The molecule has 0 atom stereocenters. The van der Waals surface area contributed by atoms with Crippen LogP contribution in [-0.4, -0.2) is 51.2 Å². The number of carbonyl (C=O) groups excluding carboxylic acids is 3. The first-order chi connectivity index (χ1) is 14.5. The van der Waals surface area contributed by atoms with Gasteiger partial charge in [0.2, 0.25) is 5.91 Å². The number of rotatable bonds is 11. The zero-order chi connectivity index (χ0) is 21.8. The van der Waals surface area contributed by atoms with Gasteiger partial charge in [-0.15, -0.1) is 0 Å². The fraction of sp³-hybridized carbons (Fsp3) is 0.318. The summed E-state index contributed by atoms with van der Waals surface area (Å²) in [6.45, 7) is 3.18. The van der Waals surface area contributed by atoms with E-state index < -0.39 is 0 Å². The second kappa shape index (κ2) is 12.2. The summed E-state index contributed by atoms with van der Waals surface area (Å²) < 4.78 is 9.97. The van der Waals surface area contributed by atoms with E-state index in [1.165, 1.54) is 0 Å². The summed E-state index contributed by atoms with van der Waals surface area (Å²) in [5, 5.41) is 8.48. The second-order valence-corrected chi connectivity index (χ2v) is 6.44. The molecule has 8 nitrogen and oxygen atoms in total. The van der Waals surface area contributed by atoms with Crippen LogP contribution in [0.4, 0.5) is 11.4 Å². The Morgan fingerprint density at radius 1 is 0.933 bits per heavy atom. The minimum atomic E-state index is -0.387. The van der Waals surface area contributed by atoms with Gasteiger partial charge in [-0.1, -0.05) is 13.0 Å². The van der Waals surface area contributed by atoms with E-state index in [1.807, 2.05) is 6.92 Å². The predicted molar refractivity (Wildman–Crippen MR) is 115 cm³/mol.